The quantitative estimate of drug-likeness (QED) is 0.510. The van der Waals surface area contributed by atoms with Crippen LogP contribution >= 0.6 is 11.3 Å². The molecule has 0 fully saturated rings. The number of nitro groups is 1. The van der Waals surface area contributed by atoms with Crippen LogP contribution in [0.3, 0.4) is 0 Å². The maximum Gasteiger partial charge on any atom is 0.441 e. The number of nitrogens with one attached hydrogen (secondary N) is 1. The number of nitrogen functional groups attached to an aromatic ring is 1. The molecule has 1 heterocycles. The molecule has 22 heavy (non-hydrogen) atoms. The average Bonchev–Trinajstić information content (AvgIpc) is 2.83. The lowest BCUT2D eigenvalue weighted by Crippen LogP contribution is -2.13. The molecule has 116 valence electrons. The first-order chi connectivity index (χ1) is 10.2. The highest BCUT2D eigenvalue weighted by atomic mass is 32.1. The minimum Gasteiger partial charge on any atom is -0.399 e. The summed E-state index contributed by atoms with van der Waals surface area (Å²) in [5.74, 6) is -0.752. The summed E-state index contributed by atoms with van der Waals surface area (Å²) < 4.78 is 37.9. The molecule has 3 N–H and O–H groups in total. The number of carbonyl (C=O) groups excluding carboxylic acids is 1. The van der Waals surface area contributed by atoms with E-state index in [2.05, 4.69) is 10.3 Å². The maximum absolute atomic E-state index is 12.6. The van der Waals surface area contributed by atoms with Crippen LogP contribution in [0.1, 0.15) is 16.1 Å². The number of carbonyl (C=O) groups is 1. The number of hydrogen-bond donors (Lipinski definition) is 2. The van der Waals surface area contributed by atoms with Crippen LogP contribution in [0.4, 0.5) is 29.0 Å². The maximum atomic E-state index is 12.6. The van der Waals surface area contributed by atoms with Crippen molar-refractivity contribution in [3.8, 4) is 0 Å². The number of rotatable bonds is 3. The monoisotopic (exact) mass is 332 g/mol. The third kappa shape index (κ3) is 3.31. The molecule has 0 aliphatic carbocycles. The average molecular weight is 332 g/mol. The molecule has 0 saturated carbocycles. The van der Waals surface area contributed by atoms with Crippen molar-refractivity contribution in [1.29, 1.82) is 0 Å². The number of anilines is 2. The Hall–Kier alpha value is -2.69. The molecular formula is C11H7F3N4O3S. The van der Waals surface area contributed by atoms with Gasteiger partial charge in [0.05, 0.1) is 4.92 Å². The lowest BCUT2D eigenvalue weighted by molar-refractivity contribution is -0.383. The minimum absolute atomic E-state index is 0.126. The van der Waals surface area contributed by atoms with Crippen LogP contribution < -0.4 is 11.1 Å². The standard InChI is InChI=1S/C11H7F3N4O3S/c12-11(13,14)7-9(18(20)21)22-10(16-7)17-8(19)5-1-3-6(15)4-2-5/h1-4H,15H2,(H,16,17,19). The zero-order chi connectivity index (χ0) is 16.5. The van der Waals surface area contributed by atoms with Gasteiger partial charge in [-0.1, -0.05) is 0 Å². The smallest absolute Gasteiger partial charge is 0.399 e. The summed E-state index contributed by atoms with van der Waals surface area (Å²) in [4.78, 5) is 24.3. The summed E-state index contributed by atoms with van der Waals surface area (Å²) in [7, 11) is 0. The number of halogens is 3. The van der Waals surface area contributed by atoms with Crippen LogP contribution in [-0.2, 0) is 6.18 Å². The Kier molecular flexibility index (Phi) is 3.99. The number of hydrogen-bond acceptors (Lipinski definition) is 6. The van der Waals surface area contributed by atoms with Crippen LogP contribution in [0.5, 0.6) is 0 Å². The van der Waals surface area contributed by atoms with E-state index in [0.717, 1.165) is 0 Å². The summed E-state index contributed by atoms with van der Waals surface area (Å²) in [6.07, 6.45) is -4.98. The topological polar surface area (TPSA) is 111 Å². The molecule has 1 aromatic carbocycles. The summed E-state index contributed by atoms with van der Waals surface area (Å²) in [6.45, 7) is 0. The van der Waals surface area contributed by atoms with E-state index in [9.17, 15) is 28.1 Å². The van der Waals surface area contributed by atoms with Crippen molar-refractivity contribution < 1.29 is 22.9 Å². The van der Waals surface area contributed by atoms with Gasteiger partial charge in [-0.15, -0.1) is 0 Å². The van der Waals surface area contributed by atoms with Crippen LogP contribution in [0.2, 0.25) is 0 Å². The normalized spacial score (nSPS) is 11.2. The van der Waals surface area contributed by atoms with Crippen LogP contribution in [-0.4, -0.2) is 15.8 Å². The molecule has 0 saturated heterocycles. The SMILES string of the molecule is Nc1ccc(C(=O)Nc2nc(C(F)(F)F)c([N+](=O)[O-])s2)cc1. The number of thiazole rings is 1. The van der Waals surface area contributed by atoms with Crippen molar-refractivity contribution in [2.75, 3.05) is 11.1 Å². The van der Waals surface area contributed by atoms with Gasteiger partial charge < -0.3 is 5.73 Å². The predicted molar refractivity (Wildman–Crippen MR) is 72.6 cm³/mol. The Bertz CT molecular complexity index is 727. The largest absolute Gasteiger partial charge is 0.441 e. The van der Waals surface area contributed by atoms with Gasteiger partial charge in [0.2, 0.25) is 5.69 Å². The summed E-state index contributed by atoms with van der Waals surface area (Å²) in [6, 6.07) is 5.58. The van der Waals surface area contributed by atoms with Gasteiger partial charge in [-0.25, -0.2) is 4.98 Å². The highest BCUT2D eigenvalue weighted by molar-refractivity contribution is 7.19. The lowest BCUT2D eigenvalue weighted by Gasteiger charge is -2.02. The molecule has 2 rings (SSSR count). The molecule has 0 unspecified atom stereocenters. The Labute approximate surface area is 124 Å². The molecule has 2 aromatic rings. The Balaban J connectivity index is 2.28. The van der Waals surface area contributed by atoms with Crippen molar-refractivity contribution in [3.05, 3.63) is 45.6 Å². The zero-order valence-electron chi connectivity index (χ0n) is 10.5. The molecule has 7 nitrogen and oxygen atoms in total. The van der Waals surface area contributed by atoms with Crippen molar-refractivity contribution in [3.63, 3.8) is 0 Å². The van der Waals surface area contributed by atoms with Gasteiger partial charge in [0, 0.05) is 11.3 Å². The Morgan fingerprint density at radius 3 is 2.36 bits per heavy atom. The minimum atomic E-state index is -4.98. The highest BCUT2D eigenvalue weighted by Gasteiger charge is 2.43. The Morgan fingerprint density at radius 2 is 1.91 bits per heavy atom. The van der Waals surface area contributed by atoms with E-state index in [4.69, 9.17) is 5.73 Å². The van der Waals surface area contributed by atoms with E-state index in [1.807, 2.05) is 0 Å². The first kappa shape index (κ1) is 15.7. The van der Waals surface area contributed by atoms with E-state index in [1.54, 1.807) is 0 Å². The first-order valence-corrected chi connectivity index (χ1v) is 6.39. The molecule has 1 amide bonds. The second-order valence-electron chi connectivity index (χ2n) is 4.00. The predicted octanol–water partition coefficient (Wildman–Crippen LogP) is 2.90. The number of amides is 1. The molecule has 1 aromatic heterocycles. The molecule has 0 atom stereocenters. The van der Waals surface area contributed by atoms with Gasteiger partial charge in [-0.3, -0.25) is 20.2 Å². The lowest BCUT2D eigenvalue weighted by atomic mass is 10.2. The van der Waals surface area contributed by atoms with E-state index >= 15 is 0 Å². The van der Waals surface area contributed by atoms with Gasteiger partial charge in [-0.2, -0.15) is 13.2 Å². The fourth-order valence-electron chi connectivity index (χ4n) is 1.48. The zero-order valence-corrected chi connectivity index (χ0v) is 11.4. The molecular weight excluding hydrogens is 325 g/mol. The number of benzene rings is 1. The van der Waals surface area contributed by atoms with Gasteiger partial charge in [-0.05, 0) is 35.6 Å². The molecule has 0 bridgehead atoms. The van der Waals surface area contributed by atoms with Gasteiger partial charge in [0.15, 0.2) is 5.13 Å². The van der Waals surface area contributed by atoms with Gasteiger partial charge in [0.25, 0.3) is 5.91 Å². The molecule has 0 aliphatic rings. The van der Waals surface area contributed by atoms with E-state index in [-0.39, 0.29) is 16.9 Å². The fraction of sp³-hybridized carbons (Fsp3) is 0.0909. The fourth-order valence-corrected chi connectivity index (χ4v) is 2.27. The van der Waals surface area contributed by atoms with Crippen molar-refractivity contribution >= 4 is 33.1 Å². The summed E-state index contributed by atoms with van der Waals surface area (Å²) >= 11 is 0.134. The van der Waals surface area contributed by atoms with Crippen molar-refractivity contribution in [2.45, 2.75) is 6.18 Å². The van der Waals surface area contributed by atoms with E-state index in [1.165, 1.54) is 24.3 Å². The van der Waals surface area contributed by atoms with E-state index < -0.39 is 32.8 Å². The second-order valence-corrected chi connectivity index (χ2v) is 4.98. The van der Waals surface area contributed by atoms with Crippen LogP contribution in [0.15, 0.2) is 24.3 Å². The number of nitrogens with zero attached hydrogens (tertiary/aromatic N) is 2. The van der Waals surface area contributed by atoms with Crippen molar-refractivity contribution in [1.82, 2.24) is 4.98 Å². The first-order valence-electron chi connectivity index (χ1n) is 5.58. The highest BCUT2D eigenvalue weighted by Crippen LogP contribution is 2.40. The number of nitrogens with two attached hydrogens (primary N) is 1. The number of aromatic nitrogens is 1. The van der Waals surface area contributed by atoms with E-state index in [0.29, 0.717) is 5.69 Å². The van der Waals surface area contributed by atoms with Gasteiger partial charge in [0.1, 0.15) is 0 Å². The third-order valence-electron chi connectivity index (χ3n) is 2.44. The molecule has 0 spiro atoms. The summed E-state index contributed by atoms with van der Waals surface area (Å²) in [5, 5.41) is 11.0. The molecule has 0 aliphatic heterocycles. The van der Waals surface area contributed by atoms with Crippen molar-refractivity contribution in [2.24, 2.45) is 0 Å². The number of alkyl halides is 3. The summed E-state index contributed by atoms with van der Waals surface area (Å²) in [5.41, 5.74) is 4.33. The third-order valence-corrected chi connectivity index (χ3v) is 3.36. The second kappa shape index (κ2) is 5.60. The van der Waals surface area contributed by atoms with Crippen LogP contribution in [0.25, 0.3) is 0 Å². The molecule has 0 radical (unpaired) electrons. The molecule has 11 heteroatoms. The Morgan fingerprint density at radius 1 is 1.32 bits per heavy atom. The van der Waals surface area contributed by atoms with Crippen LogP contribution in [0, 0.1) is 10.1 Å². The van der Waals surface area contributed by atoms with Gasteiger partial charge >= 0.3 is 11.2 Å².